The summed E-state index contributed by atoms with van der Waals surface area (Å²) in [5, 5.41) is 29.0. The summed E-state index contributed by atoms with van der Waals surface area (Å²) in [4.78, 5) is 11.2. The minimum absolute atomic E-state index is 0. The Morgan fingerprint density at radius 1 is 0.674 bits per heavy atom. The van der Waals surface area contributed by atoms with Crippen molar-refractivity contribution in [2.24, 2.45) is 28.6 Å². The summed E-state index contributed by atoms with van der Waals surface area (Å²) in [5.41, 5.74) is -0.152. The normalized spacial score (nSPS) is 22.0. The Morgan fingerprint density at radius 3 is 1.37 bits per heavy atom. The summed E-state index contributed by atoms with van der Waals surface area (Å²) < 4.78 is 0. The maximum atomic E-state index is 11.2. The molecule has 0 saturated heterocycles. The summed E-state index contributed by atoms with van der Waals surface area (Å²) >= 11 is 6.56. The van der Waals surface area contributed by atoms with Gasteiger partial charge in [0.05, 0.1) is 23.0 Å². The largest absolute Gasteiger partial charge is 1.00 e. The molecular weight excluding hydrogens is 726 g/mol. The third-order valence-corrected chi connectivity index (χ3v) is 11.4. The molecule has 0 atom stereocenters. The number of carboxylic acids is 1. The average Bonchev–Trinajstić information content (AvgIpc) is 2.91. The number of halogens is 2. The SMILES string of the molecule is BrCCCBr.N#CC1(C2CCCCC2)CCC1.N#CCC1CCCCC1.O=C(O)C1(C2CCCCC2)CCC1.[K+].[K+].[OH-].[OH-]. The van der Waals surface area contributed by atoms with E-state index >= 15 is 0 Å². The van der Waals surface area contributed by atoms with Crippen LogP contribution in [-0.2, 0) is 4.79 Å². The fourth-order valence-corrected chi connectivity index (χ4v) is 8.72. The van der Waals surface area contributed by atoms with Crippen molar-refractivity contribution in [3.63, 3.8) is 0 Å². The van der Waals surface area contributed by atoms with Crippen molar-refractivity contribution in [3.8, 4) is 12.1 Å². The monoisotopic (exact) mass is 780 g/mol. The first kappa shape index (κ1) is 50.0. The molecule has 0 aromatic carbocycles. The summed E-state index contributed by atoms with van der Waals surface area (Å²) in [6.07, 6.45) is 28.3. The second-order valence-corrected chi connectivity index (χ2v) is 14.3. The van der Waals surface area contributed by atoms with Crippen molar-refractivity contribution in [3.05, 3.63) is 0 Å². The van der Waals surface area contributed by atoms with Crippen LogP contribution < -0.4 is 103 Å². The molecule has 0 spiro atoms. The molecule has 5 aliphatic carbocycles. The van der Waals surface area contributed by atoms with Gasteiger partial charge in [-0.05, 0) is 88.4 Å². The number of nitriles is 2. The Bertz CT molecular complexity index is 766. The molecule has 0 bridgehead atoms. The van der Waals surface area contributed by atoms with Gasteiger partial charge in [0, 0.05) is 17.1 Å². The van der Waals surface area contributed by atoms with E-state index in [4.69, 9.17) is 10.5 Å². The molecule has 0 amide bonds. The van der Waals surface area contributed by atoms with Crippen LogP contribution in [-0.4, -0.2) is 32.7 Å². The molecule has 5 saturated carbocycles. The molecule has 0 heterocycles. The summed E-state index contributed by atoms with van der Waals surface area (Å²) in [6.45, 7) is 0. The van der Waals surface area contributed by atoms with Gasteiger partial charge in [0.2, 0.25) is 0 Å². The van der Waals surface area contributed by atoms with Crippen molar-refractivity contribution in [1.29, 1.82) is 10.5 Å². The van der Waals surface area contributed by atoms with E-state index in [0.29, 0.717) is 5.92 Å². The third-order valence-electron chi connectivity index (χ3n) is 10.3. The molecule has 5 aliphatic rings. The van der Waals surface area contributed by atoms with E-state index in [2.05, 4.69) is 44.0 Å². The first-order chi connectivity index (χ1) is 19.0. The van der Waals surface area contributed by atoms with E-state index in [9.17, 15) is 9.90 Å². The zero-order chi connectivity index (χ0) is 28.4. The van der Waals surface area contributed by atoms with E-state index in [1.807, 2.05) is 0 Å². The number of nitrogens with zero attached hydrogens (tertiary/aromatic N) is 2. The summed E-state index contributed by atoms with van der Waals surface area (Å²) in [7, 11) is 0. The third kappa shape index (κ3) is 17.2. The Kier molecular flexibility index (Phi) is 34.3. The zero-order valence-electron chi connectivity index (χ0n) is 27.3. The van der Waals surface area contributed by atoms with Crippen LogP contribution in [0.3, 0.4) is 0 Å². The molecule has 10 heteroatoms. The maximum Gasteiger partial charge on any atom is 1.00 e. The quantitative estimate of drug-likeness (QED) is 0.313. The maximum absolute atomic E-state index is 11.2. The molecule has 0 radical (unpaired) electrons. The van der Waals surface area contributed by atoms with E-state index in [-0.39, 0.29) is 125 Å². The van der Waals surface area contributed by atoms with Gasteiger partial charge in [0.1, 0.15) is 0 Å². The standard InChI is InChI=1S/C11H17N.C11H18O2.C8H13N.C3H6Br2.2K.2H2O/c12-9-11(7-4-8-11)10-5-2-1-3-6-10;12-10(13)11(7-4-8-11)9-5-2-1-3-6-9;9-7-6-8-4-2-1-3-5-8;4-2-1-3-5;;;;/h10H,1-8H2;9H,1-8H2,(H,12,13);8H,1-6H2;1-3H2;;;2*1H2/q;;;;2*+1;;/p-2. The van der Waals surface area contributed by atoms with Crippen molar-refractivity contribution in [2.75, 3.05) is 10.7 Å². The molecule has 238 valence electrons. The number of hydrogen-bond donors (Lipinski definition) is 1. The number of hydrogen-bond acceptors (Lipinski definition) is 5. The molecule has 5 fully saturated rings. The van der Waals surface area contributed by atoms with Crippen molar-refractivity contribution in [1.82, 2.24) is 0 Å². The minimum atomic E-state index is -0.523. The second kappa shape index (κ2) is 29.5. The van der Waals surface area contributed by atoms with Crippen molar-refractivity contribution >= 4 is 37.8 Å². The van der Waals surface area contributed by atoms with Crippen LogP contribution in [0.25, 0.3) is 0 Å². The van der Waals surface area contributed by atoms with Crippen LogP contribution in [0.15, 0.2) is 0 Å². The van der Waals surface area contributed by atoms with Gasteiger partial charge in [-0.1, -0.05) is 102 Å². The van der Waals surface area contributed by atoms with Gasteiger partial charge in [0.15, 0.2) is 0 Å². The predicted molar refractivity (Wildman–Crippen MR) is 172 cm³/mol. The molecule has 5 rings (SSSR count). The summed E-state index contributed by atoms with van der Waals surface area (Å²) in [5.74, 6) is 1.46. The molecule has 0 aromatic rings. The van der Waals surface area contributed by atoms with E-state index in [1.165, 1.54) is 109 Å². The van der Waals surface area contributed by atoms with Gasteiger partial charge < -0.3 is 16.1 Å². The topological polar surface area (TPSA) is 145 Å². The van der Waals surface area contributed by atoms with E-state index in [0.717, 1.165) is 61.0 Å². The number of alkyl halides is 2. The molecule has 6 nitrogen and oxygen atoms in total. The Balaban J connectivity index is -0.000000502. The predicted octanol–water partition coefficient (Wildman–Crippen LogP) is 4.38. The van der Waals surface area contributed by atoms with Crippen molar-refractivity contribution in [2.45, 2.75) is 148 Å². The number of carbonyl (C=O) groups is 1. The van der Waals surface area contributed by atoms with Crippen LogP contribution in [0.2, 0.25) is 0 Å². The Morgan fingerprint density at radius 2 is 1.09 bits per heavy atom. The molecule has 0 unspecified atom stereocenters. The first-order valence-electron chi connectivity index (χ1n) is 16.1. The Labute approximate surface area is 365 Å². The summed E-state index contributed by atoms with van der Waals surface area (Å²) in [6, 6.07) is 4.82. The van der Waals surface area contributed by atoms with E-state index < -0.39 is 5.97 Å². The molecular formula is C33H56Br2K2N2O4. The molecule has 3 N–H and O–H groups in total. The van der Waals surface area contributed by atoms with Crippen LogP contribution >= 0.6 is 31.9 Å². The van der Waals surface area contributed by atoms with Gasteiger partial charge in [-0.2, -0.15) is 10.5 Å². The van der Waals surface area contributed by atoms with Crippen LogP contribution in [0.5, 0.6) is 0 Å². The molecule has 0 aromatic heterocycles. The second-order valence-electron chi connectivity index (χ2n) is 12.7. The van der Waals surface area contributed by atoms with Crippen LogP contribution in [0.1, 0.15) is 148 Å². The number of aliphatic carboxylic acids is 1. The van der Waals surface area contributed by atoms with Gasteiger partial charge in [-0.15, -0.1) is 0 Å². The van der Waals surface area contributed by atoms with Crippen LogP contribution in [0, 0.1) is 51.2 Å². The zero-order valence-corrected chi connectivity index (χ0v) is 36.7. The fourth-order valence-electron chi connectivity index (χ4n) is 7.40. The van der Waals surface area contributed by atoms with Gasteiger partial charge in [-0.3, -0.25) is 4.79 Å². The van der Waals surface area contributed by atoms with Gasteiger partial charge in [0.25, 0.3) is 0 Å². The molecule has 0 aliphatic heterocycles. The van der Waals surface area contributed by atoms with E-state index in [1.54, 1.807) is 0 Å². The van der Waals surface area contributed by atoms with Crippen LogP contribution in [0.4, 0.5) is 0 Å². The van der Waals surface area contributed by atoms with Gasteiger partial charge >= 0.3 is 109 Å². The number of carboxylic acid groups (broad SMARTS) is 1. The fraction of sp³-hybridized carbons (Fsp3) is 0.909. The van der Waals surface area contributed by atoms with Gasteiger partial charge in [-0.25, -0.2) is 0 Å². The Hall–Kier alpha value is 2.60. The molecule has 43 heavy (non-hydrogen) atoms. The average molecular weight is 783 g/mol. The van der Waals surface area contributed by atoms with Crippen molar-refractivity contribution < 1.29 is 124 Å². The first-order valence-corrected chi connectivity index (χ1v) is 18.4. The number of rotatable bonds is 6. The smallest absolute Gasteiger partial charge is 0.870 e. The minimum Gasteiger partial charge on any atom is -0.870 e.